The standard InChI is InChI=1S/C21H25BrN2O5S/c1-23(2)30(26,27)20-12-17(8-9-19(20)22)21(25)29-15-18-14-24(10-11-28-18)13-16-6-4-3-5-7-16/h3-9,12,18H,10-11,13-15H2,1-2H3. The largest absolute Gasteiger partial charge is 0.459 e. The van der Waals surface area contributed by atoms with Crippen LogP contribution < -0.4 is 0 Å². The molecule has 0 saturated carbocycles. The average molecular weight is 497 g/mol. The second-order valence-electron chi connectivity index (χ2n) is 7.24. The number of ether oxygens (including phenoxy) is 2. The summed E-state index contributed by atoms with van der Waals surface area (Å²) in [4.78, 5) is 14.8. The number of sulfonamides is 1. The lowest BCUT2D eigenvalue weighted by Gasteiger charge is -2.32. The highest BCUT2D eigenvalue weighted by molar-refractivity contribution is 9.10. The number of halogens is 1. The van der Waals surface area contributed by atoms with Crippen LogP contribution in [-0.2, 0) is 26.0 Å². The van der Waals surface area contributed by atoms with E-state index >= 15 is 0 Å². The minimum atomic E-state index is -3.69. The van der Waals surface area contributed by atoms with Gasteiger partial charge in [0.05, 0.1) is 17.1 Å². The maximum Gasteiger partial charge on any atom is 0.338 e. The van der Waals surface area contributed by atoms with Crippen molar-refractivity contribution in [3.05, 3.63) is 64.1 Å². The number of nitrogens with zero attached hydrogens (tertiary/aromatic N) is 2. The Hall–Kier alpha value is -1.78. The summed E-state index contributed by atoms with van der Waals surface area (Å²) in [5.41, 5.74) is 1.40. The molecule has 1 aliphatic rings. The molecule has 1 unspecified atom stereocenters. The van der Waals surface area contributed by atoms with Gasteiger partial charge in [0.15, 0.2) is 0 Å². The lowest BCUT2D eigenvalue weighted by molar-refractivity contribution is -0.0612. The first-order valence-corrected chi connectivity index (χ1v) is 11.8. The minimum Gasteiger partial charge on any atom is -0.459 e. The van der Waals surface area contributed by atoms with E-state index in [1.165, 1.54) is 37.9 Å². The summed E-state index contributed by atoms with van der Waals surface area (Å²) in [6, 6.07) is 14.6. The number of benzene rings is 2. The summed E-state index contributed by atoms with van der Waals surface area (Å²) in [7, 11) is -0.811. The van der Waals surface area contributed by atoms with E-state index in [2.05, 4.69) is 33.0 Å². The SMILES string of the molecule is CN(C)S(=O)(=O)c1cc(C(=O)OCC2CN(Cc3ccccc3)CCO2)ccc1Br. The molecule has 0 spiro atoms. The fourth-order valence-corrected chi connectivity index (χ4v) is 4.99. The highest BCUT2D eigenvalue weighted by atomic mass is 79.9. The quantitative estimate of drug-likeness (QED) is 0.548. The van der Waals surface area contributed by atoms with Gasteiger partial charge in [0.25, 0.3) is 0 Å². The monoisotopic (exact) mass is 496 g/mol. The van der Waals surface area contributed by atoms with E-state index in [0.29, 0.717) is 17.6 Å². The second-order valence-corrected chi connectivity index (χ2v) is 10.2. The van der Waals surface area contributed by atoms with E-state index in [0.717, 1.165) is 17.4 Å². The molecule has 2 aromatic carbocycles. The molecule has 30 heavy (non-hydrogen) atoms. The topological polar surface area (TPSA) is 76.2 Å². The molecule has 1 aliphatic heterocycles. The molecular formula is C21H25BrN2O5S. The molecule has 3 rings (SSSR count). The number of hydrogen-bond acceptors (Lipinski definition) is 6. The van der Waals surface area contributed by atoms with E-state index in [1.54, 1.807) is 0 Å². The molecule has 0 aromatic heterocycles. The van der Waals surface area contributed by atoms with Crippen LogP contribution in [0, 0.1) is 0 Å². The van der Waals surface area contributed by atoms with Gasteiger partial charge in [-0.1, -0.05) is 30.3 Å². The van der Waals surface area contributed by atoms with E-state index in [-0.39, 0.29) is 23.2 Å². The molecule has 0 radical (unpaired) electrons. The van der Waals surface area contributed by atoms with Crippen molar-refractivity contribution in [1.82, 2.24) is 9.21 Å². The molecule has 0 N–H and O–H groups in total. The maximum atomic E-state index is 12.5. The smallest absolute Gasteiger partial charge is 0.338 e. The summed E-state index contributed by atoms with van der Waals surface area (Å²) >= 11 is 3.24. The van der Waals surface area contributed by atoms with Gasteiger partial charge in [-0.05, 0) is 39.7 Å². The predicted octanol–water partition coefficient (Wildman–Crippen LogP) is 2.76. The second kappa shape index (κ2) is 10.0. The van der Waals surface area contributed by atoms with Crippen molar-refractivity contribution in [2.75, 3.05) is 40.4 Å². The van der Waals surface area contributed by atoms with Crippen LogP contribution >= 0.6 is 15.9 Å². The molecule has 0 amide bonds. The van der Waals surface area contributed by atoms with Gasteiger partial charge in [-0.2, -0.15) is 0 Å². The van der Waals surface area contributed by atoms with Crippen molar-refractivity contribution in [3.8, 4) is 0 Å². The van der Waals surface area contributed by atoms with Crippen LogP contribution in [0.3, 0.4) is 0 Å². The Kier molecular flexibility index (Phi) is 7.65. The van der Waals surface area contributed by atoms with Crippen molar-refractivity contribution in [2.24, 2.45) is 0 Å². The van der Waals surface area contributed by atoms with Crippen LogP contribution in [0.15, 0.2) is 57.9 Å². The molecule has 162 valence electrons. The Morgan fingerprint density at radius 1 is 1.23 bits per heavy atom. The van der Waals surface area contributed by atoms with Crippen molar-refractivity contribution in [1.29, 1.82) is 0 Å². The normalized spacial score (nSPS) is 17.8. The number of esters is 1. The zero-order valence-corrected chi connectivity index (χ0v) is 19.4. The van der Waals surface area contributed by atoms with E-state index < -0.39 is 16.0 Å². The average Bonchev–Trinajstić information content (AvgIpc) is 2.73. The molecule has 1 saturated heterocycles. The van der Waals surface area contributed by atoms with E-state index in [4.69, 9.17) is 9.47 Å². The molecule has 7 nitrogen and oxygen atoms in total. The lowest BCUT2D eigenvalue weighted by atomic mass is 10.2. The fraction of sp³-hybridized carbons (Fsp3) is 0.381. The number of hydrogen-bond donors (Lipinski definition) is 0. The zero-order chi connectivity index (χ0) is 21.7. The van der Waals surface area contributed by atoms with Gasteiger partial charge in [-0.25, -0.2) is 17.5 Å². The van der Waals surface area contributed by atoms with Crippen LogP contribution in [0.1, 0.15) is 15.9 Å². The third-order valence-corrected chi connectivity index (χ3v) is 7.61. The molecule has 0 bridgehead atoms. The van der Waals surface area contributed by atoms with Gasteiger partial charge in [0.2, 0.25) is 10.0 Å². The summed E-state index contributed by atoms with van der Waals surface area (Å²) < 4.78 is 37.5. The van der Waals surface area contributed by atoms with Gasteiger partial charge in [0.1, 0.15) is 12.7 Å². The van der Waals surface area contributed by atoms with Crippen LogP contribution in [-0.4, -0.2) is 70.1 Å². The molecule has 1 fully saturated rings. The summed E-state index contributed by atoms with van der Waals surface area (Å²) in [5.74, 6) is -0.582. The molecule has 1 heterocycles. The highest BCUT2D eigenvalue weighted by Gasteiger charge is 2.25. The van der Waals surface area contributed by atoms with Crippen molar-refractivity contribution >= 4 is 31.9 Å². The summed E-state index contributed by atoms with van der Waals surface area (Å²) in [6.07, 6.45) is -0.230. The Bertz CT molecular complexity index is 982. The van der Waals surface area contributed by atoms with E-state index in [9.17, 15) is 13.2 Å². The van der Waals surface area contributed by atoms with Gasteiger partial charge in [-0.15, -0.1) is 0 Å². The van der Waals surface area contributed by atoms with Crippen molar-refractivity contribution in [2.45, 2.75) is 17.5 Å². The number of carbonyl (C=O) groups is 1. The Morgan fingerprint density at radius 3 is 2.67 bits per heavy atom. The summed E-state index contributed by atoms with van der Waals surface area (Å²) in [6.45, 7) is 2.96. The van der Waals surface area contributed by atoms with Crippen molar-refractivity contribution in [3.63, 3.8) is 0 Å². The van der Waals surface area contributed by atoms with Crippen molar-refractivity contribution < 1.29 is 22.7 Å². The van der Waals surface area contributed by atoms with Crippen LogP contribution in [0.4, 0.5) is 0 Å². The Labute approximate surface area is 185 Å². The first-order chi connectivity index (χ1) is 14.3. The van der Waals surface area contributed by atoms with Gasteiger partial charge in [-0.3, -0.25) is 4.90 Å². The van der Waals surface area contributed by atoms with Crippen LogP contribution in [0.5, 0.6) is 0 Å². The third kappa shape index (κ3) is 5.67. The lowest BCUT2D eigenvalue weighted by Crippen LogP contribution is -2.44. The van der Waals surface area contributed by atoms with Crippen LogP contribution in [0.25, 0.3) is 0 Å². The van der Waals surface area contributed by atoms with Crippen LogP contribution in [0.2, 0.25) is 0 Å². The molecule has 0 aliphatic carbocycles. The molecule has 1 atom stereocenters. The number of carbonyl (C=O) groups excluding carboxylic acids is 1. The van der Waals surface area contributed by atoms with Gasteiger partial charge >= 0.3 is 5.97 Å². The maximum absolute atomic E-state index is 12.5. The first kappa shape index (κ1) is 22.9. The number of rotatable bonds is 7. The molecule has 2 aromatic rings. The highest BCUT2D eigenvalue weighted by Crippen LogP contribution is 2.25. The summed E-state index contributed by atoms with van der Waals surface area (Å²) in [5, 5.41) is 0. The molecular weight excluding hydrogens is 472 g/mol. The minimum absolute atomic E-state index is 0.0184. The first-order valence-electron chi connectivity index (χ1n) is 9.54. The number of morpholine rings is 1. The Morgan fingerprint density at radius 2 is 1.97 bits per heavy atom. The third-order valence-electron chi connectivity index (χ3n) is 4.80. The van der Waals surface area contributed by atoms with Gasteiger partial charge < -0.3 is 9.47 Å². The van der Waals surface area contributed by atoms with E-state index in [1.807, 2.05) is 18.2 Å². The Balaban J connectivity index is 1.60. The predicted molar refractivity (Wildman–Crippen MR) is 117 cm³/mol. The zero-order valence-electron chi connectivity index (χ0n) is 17.0. The van der Waals surface area contributed by atoms with Gasteiger partial charge in [0, 0.05) is 38.2 Å². The fourth-order valence-electron chi connectivity index (χ4n) is 3.14. The molecule has 9 heteroatoms.